The average Bonchev–Trinajstić information content (AvgIpc) is 3.18. The summed E-state index contributed by atoms with van der Waals surface area (Å²) >= 11 is 0. The lowest BCUT2D eigenvalue weighted by atomic mass is 10.0. The van der Waals surface area contributed by atoms with Crippen LogP contribution in [0.25, 0.3) is 0 Å². The predicted molar refractivity (Wildman–Crippen MR) is 91.2 cm³/mol. The van der Waals surface area contributed by atoms with Gasteiger partial charge in [-0.25, -0.2) is 0 Å². The number of benzene rings is 1. The first-order chi connectivity index (χ1) is 11.7. The van der Waals surface area contributed by atoms with Crippen LogP contribution in [-0.2, 0) is 28.9 Å². The van der Waals surface area contributed by atoms with Crippen LogP contribution in [0.1, 0.15) is 36.5 Å². The first-order valence-corrected chi connectivity index (χ1v) is 9.08. The van der Waals surface area contributed by atoms with Crippen LogP contribution in [0.15, 0.2) is 12.1 Å². The molecule has 130 valence electrons. The van der Waals surface area contributed by atoms with Crippen molar-refractivity contribution in [2.45, 2.75) is 44.8 Å². The summed E-state index contributed by atoms with van der Waals surface area (Å²) in [5.41, 5.74) is 4.03. The third-order valence-corrected chi connectivity index (χ3v) is 5.48. The molecule has 1 N–H and O–H groups in total. The molecule has 1 spiro atoms. The minimum absolute atomic E-state index is 0.00340. The molecular weight excluding hydrogens is 304 g/mol. The summed E-state index contributed by atoms with van der Waals surface area (Å²) in [7, 11) is 0. The van der Waals surface area contributed by atoms with E-state index in [-0.39, 0.29) is 18.1 Å². The van der Waals surface area contributed by atoms with Gasteiger partial charge in [-0.1, -0.05) is 6.07 Å². The maximum Gasteiger partial charge on any atom is 0.246 e. The number of amides is 1. The summed E-state index contributed by atoms with van der Waals surface area (Å²) in [4.78, 5) is 13.8. The molecule has 0 aromatic heterocycles. The van der Waals surface area contributed by atoms with Gasteiger partial charge in [0, 0.05) is 31.7 Å². The maximum absolute atomic E-state index is 11.3. The third-order valence-electron chi connectivity index (χ3n) is 5.48. The summed E-state index contributed by atoms with van der Waals surface area (Å²) in [6.45, 7) is 6.32. The number of likely N-dealkylation sites (tertiary alicyclic amines) is 1. The van der Waals surface area contributed by atoms with Crippen molar-refractivity contribution in [1.82, 2.24) is 10.2 Å². The Hall–Kier alpha value is -1.59. The topological polar surface area (TPSA) is 50.8 Å². The number of morpholine rings is 1. The second-order valence-electron chi connectivity index (χ2n) is 7.22. The molecule has 1 aromatic rings. The Kier molecular flexibility index (Phi) is 4.22. The molecule has 0 saturated carbocycles. The SMILES string of the molecule is CCOc1cc2c(cc1CN1CCC3(CNC(=O)CO3)C1)CCC2. The van der Waals surface area contributed by atoms with E-state index >= 15 is 0 Å². The van der Waals surface area contributed by atoms with Crippen molar-refractivity contribution >= 4 is 5.91 Å². The van der Waals surface area contributed by atoms with Crippen molar-refractivity contribution in [3.8, 4) is 5.75 Å². The minimum atomic E-state index is -0.198. The molecule has 1 unspecified atom stereocenters. The van der Waals surface area contributed by atoms with Crippen LogP contribution in [-0.4, -0.2) is 49.3 Å². The van der Waals surface area contributed by atoms with Crippen LogP contribution in [0.2, 0.25) is 0 Å². The highest BCUT2D eigenvalue weighted by Gasteiger charge is 2.42. The van der Waals surface area contributed by atoms with Gasteiger partial charge in [-0.15, -0.1) is 0 Å². The summed E-state index contributed by atoms with van der Waals surface area (Å²) < 4.78 is 11.8. The Balaban J connectivity index is 1.48. The molecule has 1 atom stereocenters. The van der Waals surface area contributed by atoms with E-state index in [1.807, 2.05) is 6.92 Å². The van der Waals surface area contributed by atoms with Gasteiger partial charge in [0.15, 0.2) is 0 Å². The summed E-state index contributed by atoms with van der Waals surface area (Å²) in [5, 5.41) is 2.95. The number of carbonyl (C=O) groups is 1. The van der Waals surface area contributed by atoms with Crippen LogP contribution in [0.5, 0.6) is 5.75 Å². The molecule has 1 aromatic carbocycles. The molecular formula is C19H26N2O3. The lowest BCUT2D eigenvalue weighted by Crippen LogP contribution is -2.53. The number of aryl methyl sites for hydroxylation is 2. The molecule has 0 radical (unpaired) electrons. The number of nitrogens with one attached hydrogen (secondary N) is 1. The van der Waals surface area contributed by atoms with Crippen molar-refractivity contribution < 1.29 is 14.3 Å². The van der Waals surface area contributed by atoms with Crippen LogP contribution in [0, 0.1) is 0 Å². The molecule has 2 aliphatic heterocycles. The Morgan fingerprint density at radius 3 is 2.92 bits per heavy atom. The van der Waals surface area contributed by atoms with Gasteiger partial charge in [-0.3, -0.25) is 9.69 Å². The maximum atomic E-state index is 11.3. The smallest absolute Gasteiger partial charge is 0.246 e. The molecule has 2 fully saturated rings. The Labute approximate surface area is 143 Å². The van der Waals surface area contributed by atoms with Gasteiger partial charge in [0.25, 0.3) is 0 Å². The predicted octanol–water partition coefficient (Wildman–Crippen LogP) is 1.66. The van der Waals surface area contributed by atoms with Crippen molar-refractivity contribution in [3.05, 3.63) is 28.8 Å². The summed E-state index contributed by atoms with van der Waals surface area (Å²) in [6.07, 6.45) is 4.59. The van der Waals surface area contributed by atoms with Crippen LogP contribution in [0.4, 0.5) is 0 Å². The molecule has 4 rings (SSSR count). The van der Waals surface area contributed by atoms with Gasteiger partial charge in [-0.2, -0.15) is 0 Å². The van der Waals surface area contributed by atoms with Crippen molar-refractivity contribution in [1.29, 1.82) is 0 Å². The second-order valence-corrected chi connectivity index (χ2v) is 7.22. The van der Waals surface area contributed by atoms with Gasteiger partial charge in [0.1, 0.15) is 12.4 Å². The van der Waals surface area contributed by atoms with Crippen molar-refractivity contribution in [2.75, 3.05) is 32.8 Å². The summed E-state index contributed by atoms with van der Waals surface area (Å²) in [6, 6.07) is 4.60. The number of fused-ring (bicyclic) bond motifs is 1. The number of hydrogen-bond donors (Lipinski definition) is 1. The molecule has 24 heavy (non-hydrogen) atoms. The largest absolute Gasteiger partial charge is 0.494 e. The first kappa shape index (κ1) is 15.9. The lowest BCUT2D eigenvalue weighted by Gasteiger charge is -2.33. The van der Waals surface area contributed by atoms with E-state index in [2.05, 4.69) is 22.3 Å². The van der Waals surface area contributed by atoms with E-state index in [4.69, 9.17) is 9.47 Å². The van der Waals surface area contributed by atoms with Crippen LogP contribution < -0.4 is 10.1 Å². The molecule has 1 amide bonds. The monoisotopic (exact) mass is 330 g/mol. The van der Waals surface area contributed by atoms with Gasteiger partial charge < -0.3 is 14.8 Å². The minimum Gasteiger partial charge on any atom is -0.494 e. The van der Waals surface area contributed by atoms with E-state index in [1.165, 1.54) is 36.0 Å². The van der Waals surface area contributed by atoms with Gasteiger partial charge in [0.2, 0.25) is 5.91 Å². The van der Waals surface area contributed by atoms with Gasteiger partial charge in [-0.05, 0) is 49.8 Å². The molecule has 3 aliphatic rings. The number of rotatable bonds is 4. The van der Waals surface area contributed by atoms with E-state index in [9.17, 15) is 4.79 Å². The quantitative estimate of drug-likeness (QED) is 0.912. The fraction of sp³-hybridized carbons (Fsp3) is 0.632. The van der Waals surface area contributed by atoms with Gasteiger partial charge >= 0.3 is 0 Å². The Bertz CT molecular complexity index is 634. The fourth-order valence-electron chi connectivity index (χ4n) is 4.21. The third kappa shape index (κ3) is 3.03. The van der Waals surface area contributed by atoms with E-state index in [0.717, 1.165) is 31.8 Å². The molecule has 0 bridgehead atoms. The zero-order valence-electron chi connectivity index (χ0n) is 14.4. The number of carbonyl (C=O) groups excluding carboxylic acids is 1. The molecule has 2 saturated heterocycles. The highest BCUT2D eigenvalue weighted by atomic mass is 16.5. The highest BCUT2D eigenvalue weighted by Crippen LogP contribution is 2.33. The standard InChI is InChI=1S/C19H26N2O3/c1-2-23-17-9-15-5-3-4-14(15)8-16(17)10-21-7-6-19(13-21)12-20-18(22)11-24-19/h8-9H,2-7,10-13H2,1H3,(H,20,22). The number of ether oxygens (including phenoxy) is 2. The first-order valence-electron chi connectivity index (χ1n) is 9.08. The summed E-state index contributed by atoms with van der Waals surface area (Å²) in [5.74, 6) is 1.04. The average molecular weight is 330 g/mol. The van der Waals surface area contributed by atoms with E-state index in [0.29, 0.717) is 13.2 Å². The normalized spacial score (nSPS) is 26.6. The van der Waals surface area contributed by atoms with Gasteiger partial charge in [0.05, 0.1) is 12.2 Å². The molecule has 1 aliphatic carbocycles. The number of hydrogen-bond acceptors (Lipinski definition) is 4. The molecule has 5 nitrogen and oxygen atoms in total. The van der Waals surface area contributed by atoms with Crippen LogP contribution >= 0.6 is 0 Å². The Morgan fingerprint density at radius 1 is 1.33 bits per heavy atom. The number of nitrogens with zero attached hydrogens (tertiary/aromatic N) is 1. The molecule has 2 heterocycles. The van der Waals surface area contributed by atoms with E-state index in [1.54, 1.807) is 0 Å². The highest BCUT2D eigenvalue weighted by molar-refractivity contribution is 5.78. The Morgan fingerprint density at radius 2 is 2.17 bits per heavy atom. The van der Waals surface area contributed by atoms with Crippen molar-refractivity contribution in [3.63, 3.8) is 0 Å². The van der Waals surface area contributed by atoms with Crippen LogP contribution in [0.3, 0.4) is 0 Å². The molecule has 5 heteroatoms. The fourth-order valence-corrected chi connectivity index (χ4v) is 4.21. The van der Waals surface area contributed by atoms with Crippen molar-refractivity contribution in [2.24, 2.45) is 0 Å². The zero-order chi connectivity index (χ0) is 16.6. The lowest BCUT2D eigenvalue weighted by molar-refractivity contribution is -0.142. The zero-order valence-corrected chi connectivity index (χ0v) is 14.4. The second kappa shape index (κ2) is 6.37. The van der Waals surface area contributed by atoms with E-state index < -0.39 is 0 Å².